The van der Waals surface area contributed by atoms with Gasteiger partial charge in [0, 0.05) is 28.4 Å². The zero-order valence-electron chi connectivity index (χ0n) is 13.8. The summed E-state index contributed by atoms with van der Waals surface area (Å²) < 4.78 is 1.20. The van der Waals surface area contributed by atoms with E-state index in [1.54, 1.807) is 17.5 Å². The molecule has 124 valence electrons. The SMILES string of the molecule is CC(=O)Nc1c[nH]c(C)c1C(=O)N[C@@H](C)c1cc2ccccc2s1. The molecule has 0 aliphatic heterocycles. The van der Waals surface area contributed by atoms with E-state index in [1.807, 2.05) is 26.0 Å². The number of benzene rings is 1. The molecule has 0 radical (unpaired) electrons. The molecule has 2 aromatic heterocycles. The maximum absolute atomic E-state index is 12.7. The van der Waals surface area contributed by atoms with Crippen molar-refractivity contribution in [2.45, 2.75) is 26.8 Å². The van der Waals surface area contributed by atoms with Crippen LogP contribution in [0.4, 0.5) is 5.69 Å². The zero-order chi connectivity index (χ0) is 17.3. The topological polar surface area (TPSA) is 74.0 Å². The van der Waals surface area contributed by atoms with Gasteiger partial charge < -0.3 is 15.6 Å². The van der Waals surface area contributed by atoms with E-state index in [4.69, 9.17) is 0 Å². The number of hydrogen-bond acceptors (Lipinski definition) is 3. The highest BCUT2D eigenvalue weighted by Gasteiger charge is 2.20. The first-order chi connectivity index (χ1) is 11.5. The van der Waals surface area contributed by atoms with Gasteiger partial charge in [-0.15, -0.1) is 11.3 Å². The third-order valence-corrected chi connectivity index (χ3v) is 5.13. The molecule has 0 unspecified atom stereocenters. The van der Waals surface area contributed by atoms with Crippen LogP contribution in [0.2, 0.25) is 0 Å². The van der Waals surface area contributed by atoms with Gasteiger partial charge in [-0.3, -0.25) is 9.59 Å². The molecule has 3 N–H and O–H groups in total. The Morgan fingerprint density at radius 2 is 2.00 bits per heavy atom. The van der Waals surface area contributed by atoms with Crippen molar-refractivity contribution in [3.63, 3.8) is 0 Å². The molecule has 0 saturated heterocycles. The standard InChI is InChI=1S/C18H19N3O2S/c1-10(16-8-13-6-4-5-7-15(13)24-16)20-18(23)17-11(2)19-9-14(17)21-12(3)22/h4-10,19H,1-3H3,(H,20,23)(H,21,22)/t10-/m0/s1. The average Bonchev–Trinajstić information content (AvgIpc) is 3.10. The molecule has 0 aliphatic rings. The highest BCUT2D eigenvalue weighted by Crippen LogP contribution is 2.30. The number of thiophene rings is 1. The second-order valence-electron chi connectivity index (χ2n) is 5.77. The van der Waals surface area contributed by atoms with E-state index >= 15 is 0 Å². The molecule has 0 fully saturated rings. The lowest BCUT2D eigenvalue weighted by Crippen LogP contribution is -2.27. The maximum Gasteiger partial charge on any atom is 0.255 e. The molecule has 3 aromatic rings. The number of aromatic amines is 1. The Kier molecular flexibility index (Phi) is 4.40. The van der Waals surface area contributed by atoms with E-state index in [2.05, 4.69) is 33.8 Å². The molecule has 0 aliphatic carbocycles. The van der Waals surface area contributed by atoms with Gasteiger partial charge in [-0.25, -0.2) is 0 Å². The minimum atomic E-state index is -0.208. The molecule has 0 spiro atoms. The first-order valence-electron chi connectivity index (χ1n) is 7.70. The van der Waals surface area contributed by atoms with Crippen molar-refractivity contribution < 1.29 is 9.59 Å². The van der Waals surface area contributed by atoms with Crippen LogP contribution in [0.25, 0.3) is 10.1 Å². The monoisotopic (exact) mass is 341 g/mol. The van der Waals surface area contributed by atoms with Crippen LogP contribution in [0.1, 0.15) is 40.8 Å². The summed E-state index contributed by atoms with van der Waals surface area (Å²) in [6, 6.07) is 10.1. The third-order valence-electron chi connectivity index (χ3n) is 3.83. The number of nitrogens with one attached hydrogen (secondary N) is 3. The molecule has 6 heteroatoms. The van der Waals surface area contributed by atoms with Gasteiger partial charge in [-0.05, 0) is 31.4 Å². The zero-order valence-corrected chi connectivity index (χ0v) is 14.6. The summed E-state index contributed by atoms with van der Waals surface area (Å²) in [5.41, 5.74) is 1.69. The second-order valence-corrected chi connectivity index (χ2v) is 6.88. The number of aromatic nitrogens is 1. The molecular weight excluding hydrogens is 322 g/mol. The summed E-state index contributed by atoms with van der Waals surface area (Å²) >= 11 is 1.67. The van der Waals surface area contributed by atoms with E-state index < -0.39 is 0 Å². The molecule has 3 rings (SSSR count). The molecule has 5 nitrogen and oxygen atoms in total. The number of amides is 2. The van der Waals surface area contributed by atoms with Crippen molar-refractivity contribution in [1.82, 2.24) is 10.3 Å². The fraction of sp³-hybridized carbons (Fsp3) is 0.222. The van der Waals surface area contributed by atoms with E-state index in [-0.39, 0.29) is 17.9 Å². The predicted octanol–water partition coefficient (Wildman–Crippen LogP) is 3.99. The Balaban J connectivity index is 1.81. The van der Waals surface area contributed by atoms with Crippen molar-refractivity contribution >= 4 is 38.9 Å². The summed E-state index contributed by atoms with van der Waals surface area (Å²) in [7, 11) is 0. The largest absolute Gasteiger partial charge is 0.363 e. The summed E-state index contributed by atoms with van der Waals surface area (Å²) in [6.45, 7) is 5.19. The van der Waals surface area contributed by atoms with E-state index in [0.29, 0.717) is 11.3 Å². The molecule has 2 amide bonds. The molecule has 0 bridgehead atoms. The first kappa shape index (κ1) is 16.3. The fourth-order valence-corrected chi connectivity index (χ4v) is 3.73. The summed E-state index contributed by atoms with van der Waals surface area (Å²) in [6.07, 6.45) is 1.63. The molecule has 0 saturated carbocycles. The normalized spacial score (nSPS) is 12.1. The van der Waals surface area contributed by atoms with Crippen LogP contribution in [0.15, 0.2) is 36.5 Å². The van der Waals surface area contributed by atoms with Crippen molar-refractivity contribution in [1.29, 1.82) is 0 Å². The van der Waals surface area contributed by atoms with Gasteiger partial charge in [0.1, 0.15) is 0 Å². The quantitative estimate of drug-likeness (QED) is 0.671. The highest BCUT2D eigenvalue weighted by atomic mass is 32.1. The fourth-order valence-electron chi connectivity index (χ4n) is 2.66. The van der Waals surface area contributed by atoms with Gasteiger partial charge in [-0.2, -0.15) is 0 Å². The average molecular weight is 341 g/mol. The maximum atomic E-state index is 12.7. The Labute approximate surface area is 144 Å². The lowest BCUT2D eigenvalue weighted by atomic mass is 10.1. The van der Waals surface area contributed by atoms with Crippen LogP contribution in [-0.4, -0.2) is 16.8 Å². The predicted molar refractivity (Wildman–Crippen MR) is 97.5 cm³/mol. The number of anilines is 1. The van der Waals surface area contributed by atoms with Crippen LogP contribution < -0.4 is 10.6 Å². The molecule has 1 atom stereocenters. The van der Waals surface area contributed by atoms with Crippen molar-refractivity contribution in [3.05, 3.63) is 52.7 Å². The van der Waals surface area contributed by atoms with Crippen LogP contribution in [-0.2, 0) is 4.79 Å². The van der Waals surface area contributed by atoms with E-state index in [0.717, 1.165) is 10.6 Å². The van der Waals surface area contributed by atoms with Crippen LogP contribution >= 0.6 is 11.3 Å². The van der Waals surface area contributed by atoms with Gasteiger partial charge in [0.2, 0.25) is 5.91 Å². The van der Waals surface area contributed by atoms with Crippen LogP contribution in [0, 0.1) is 6.92 Å². The molecule has 24 heavy (non-hydrogen) atoms. The number of carbonyl (C=O) groups is 2. The van der Waals surface area contributed by atoms with Crippen molar-refractivity contribution in [2.24, 2.45) is 0 Å². The Morgan fingerprint density at radius 3 is 2.71 bits per heavy atom. The Morgan fingerprint density at radius 1 is 1.25 bits per heavy atom. The highest BCUT2D eigenvalue weighted by molar-refractivity contribution is 7.19. The minimum absolute atomic E-state index is 0.116. The van der Waals surface area contributed by atoms with E-state index in [1.165, 1.54) is 17.0 Å². The third kappa shape index (κ3) is 3.19. The van der Waals surface area contributed by atoms with Gasteiger partial charge in [-0.1, -0.05) is 18.2 Å². The van der Waals surface area contributed by atoms with Crippen molar-refractivity contribution in [3.8, 4) is 0 Å². The molecule has 1 aromatic carbocycles. The number of H-pyrrole nitrogens is 1. The van der Waals surface area contributed by atoms with Crippen molar-refractivity contribution in [2.75, 3.05) is 5.32 Å². The summed E-state index contributed by atoms with van der Waals surface area (Å²) in [5, 5.41) is 6.87. The minimum Gasteiger partial charge on any atom is -0.363 e. The smallest absolute Gasteiger partial charge is 0.255 e. The van der Waals surface area contributed by atoms with Crippen LogP contribution in [0.5, 0.6) is 0 Å². The van der Waals surface area contributed by atoms with Gasteiger partial charge in [0.05, 0.1) is 17.3 Å². The lowest BCUT2D eigenvalue weighted by molar-refractivity contribution is -0.114. The van der Waals surface area contributed by atoms with Gasteiger partial charge >= 0.3 is 0 Å². The van der Waals surface area contributed by atoms with Crippen LogP contribution in [0.3, 0.4) is 0 Å². The second kappa shape index (κ2) is 6.49. The summed E-state index contributed by atoms with van der Waals surface area (Å²) in [4.78, 5) is 28.0. The number of carbonyl (C=O) groups excluding carboxylic acids is 2. The molecule has 2 heterocycles. The Hall–Kier alpha value is -2.60. The number of rotatable bonds is 4. The Bertz CT molecular complexity index is 877. The number of hydrogen-bond donors (Lipinski definition) is 3. The number of aryl methyl sites for hydroxylation is 1. The molecular formula is C18H19N3O2S. The van der Waals surface area contributed by atoms with E-state index in [9.17, 15) is 9.59 Å². The lowest BCUT2D eigenvalue weighted by Gasteiger charge is -2.13. The van der Waals surface area contributed by atoms with Gasteiger partial charge in [0.15, 0.2) is 0 Å². The first-order valence-corrected chi connectivity index (χ1v) is 8.52. The number of fused-ring (bicyclic) bond motifs is 1. The van der Waals surface area contributed by atoms with Gasteiger partial charge in [0.25, 0.3) is 5.91 Å². The summed E-state index contributed by atoms with van der Waals surface area (Å²) in [5.74, 6) is -0.414.